The summed E-state index contributed by atoms with van der Waals surface area (Å²) in [5.41, 5.74) is 0.749. The molecule has 0 aliphatic carbocycles. The molecule has 0 spiro atoms. The minimum Gasteiger partial charge on any atom is -0.480 e. The van der Waals surface area contributed by atoms with Gasteiger partial charge in [0.15, 0.2) is 6.04 Å². The Morgan fingerprint density at radius 1 is 1.50 bits per heavy atom. The van der Waals surface area contributed by atoms with E-state index in [4.69, 9.17) is 0 Å². The maximum absolute atomic E-state index is 11.3. The zero-order valence-electron chi connectivity index (χ0n) is 10.1. The third-order valence-corrected chi connectivity index (χ3v) is 2.78. The fraction of sp³-hybridized carbons (Fsp3) is 0.636. The summed E-state index contributed by atoms with van der Waals surface area (Å²) in [5.74, 6) is -0.820. The molecule has 0 aromatic carbocycles. The molecule has 0 aliphatic heterocycles. The Kier molecular flexibility index (Phi) is 4.49. The molecule has 1 aromatic heterocycles. The number of imidazole rings is 1. The lowest BCUT2D eigenvalue weighted by molar-refractivity contribution is -0.143. The van der Waals surface area contributed by atoms with Crippen LogP contribution in [0.4, 0.5) is 0 Å². The van der Waals surface area contributed by atoms with Gasteiger partial charge < -0.3 is 9.67 Å². The number of rotatable bonds is 6. The second-order valence-corrected chi connectivity index (χ2v) is 3.57. The molecular formula is C11H19N3O2. The van der Waals surface area contributed by atoms with Crippen LogP contribution >= 0.6 is 0 Å². The molecule has 1 N–H and O–H groups in total. The van der Waals surface area contributed by atoms with Gasteiger partial charge in [0.25, 0.3) is 0 Å². The first-order chi connectivity index (χ1) is 7.65. The summed E-state index contributed by atoms with van der Waals surface area (Å²) in [7, 11) is 0. The van der Waals surface area contributed by atoms with Crippen molar-refractivity contribution in [1.29, 1.82) is 0 Å². The summed E-state index contributed by atoms with van der Waals surface area (Å²) in [4.78, 5) is 17.3. The van der Waals surface area contributed by atoms with Crippen LogP contribution in [0.25, 0.3) is 0 Å². The molecule has 0 radical (unpaired) electrons. The number of hydrogen-bond acceptors (Lipinski definition) is 3. The highest BCUT2D eigenvalue weighted by atomic mass is 16.4. The first kappa shape index (κ1) is 12.7. The van der Waals surface area contributed by atoms with Crippen LogP contribution < -0.4 is 0 Å². The molecule has 0 amide bonds. The molecule has 90 valence electrons. The summed E-state index contributed by atoms with van der Waals surface area (Å²) in [5, 5.41) is 9.31. The third kappa shape index (κ3) is 2.41. The summed E-state index contributed by atoms with van der Waals surface area (Å²) in [6.45, 7) is 8.07. The van der Waals surface area contributed by atoms with Gasteiger partial charge in [0.2, 0.25) is 0 Å². The number of hydrogen-bond donors (Lipinski definition) is 1. The highest BCUT2D eigenvalue weighted by Crippen LogP contribution is 2.20. The number of carboxylic acid groups (broad SMARTS) is 1. The van der Waals surface area contributed by atoms with Crippen LogP contribution in [0, 0.1) is 0 Å². The maximum Gasteiger partial charge on any atom is 0.327 e. The van der Waals surface area contributed by atoms with E-state index in [9.17, 15) is 9.90 Å². The zero-order chi connectivity index (χ0) is 12.1. The number of likely N-dealkylation sites (N-methyl/N-ethyl adjacent to an activating group) is 1. The van der Waals surface area contributed by atoms with Crippen molar-refractivity contribution in [3.05, 3.63) is 18.2 Å². The van der Waals surface area contributed by atoms with E-state index < -0.39 is 12.0 Å². The zero-order valence-corrected chi connectivity index (χ0v) is 10.1. The lowest BCUT2D eigenvalue weighted by Crippen LogP contribution is -2.35. The second-order valence-electron chi connectivity index (χ2n) is 3.57. The Labute approximate surface area is 95.7 Å². The molecule has 0 saturated heterocycles. The molecular weight excluding hydrogens is 206 g/mol. The van der Waals surface area contributed by atoms with E-state index in [0.717, 1.165) is 12.2 Å². The summed E-state index contributed by atoms with van der Waals surface area (Å²) >= 11 is 0. The van der Waals surface area contributed by atoms with Crippen LogP contribution in [0.3, 0.4) is 0 Å². The van der Waals surface area contributed by atoms with Crippen molar-refractivity contribution in [1.82, 2.24) is 14.5 Å². The quantitative estimate of drug-likeness (QED) is 0.794. The predicted octanol–water partition coefficient (Wildman–Crippen LogP) is 1.37. The standard InChI is InChI=1S/C11H19N3O2/c1-4-13(5-2)10(11(15)16)9-7-12-8-14(9)6-3/h7-8,10H,4-6H2,1-3H3,(H,15,16). The van der Waals surface area contributed by atoms with E-state index in [-0.39, 0.29) is 0 Å². The molecule has 5 heteroatoms. The van der Waals surface area contributed by atoms with Gasteiger partial charge in [0.05, 0.1) is 18.2 Å². The summed E-state index contributed by atoms with van der Waals surface area (Å²) < 4.78 is 1.87. The van der Waals surface area contributed by atoms with Crippen LogP contribution in [0.1, 0.15) is 32.5 Å². The highest BCUT2D eigenvalue weighted by Gasteiger charge is 2.27. The van der Waals surface area contributed by atoms with Crippen LogP contribution in [-0.4, -0.2) is 38.6 Å². The number of aromatic nitrogens is 2. The maximum atomic E-state index is 11.3. The van der Waals surface area contributed by atoms with Gasteiger partial charge in [-0.3, -0.25) is 9.69 Å². The van der Waals surface area contributed by atoms with Crippen molar-refractivity contribution in [3.63, 3.8) is 0 Å². The molecule has 1 unspecified atom stereocenters. The van der Waals surface area contributed by atoms with Crippen molar-refractivity contribution in [2.24, 2.45) is 0 Å². The van der Waals surface area contributed by atoms with Gasteiger partial charge in [-0.1, -0.05) is 13.8 Å². The Morgan fingerprint density at radius 2 is 2.12 bits per heavy atom. The summed E-state index contributed by atoms with van der Waals surface area (Å²) in [6, 6.07) is -0.600. The Balaban J connectivity index is 3.06. The fourth-order valence-electron chi connectivity index (χ4n) is 1.88. The van der Waals surface area contributed by atoms with Crippen molar-refractivity contribution < 1.29 is 9.90 Å². The number of aliphatic carboxylic acids is 1. The largest absolute Gasteiger partial charge is 0.480 e. The number of aryl methyl sites for hydroxylation is 1. The van der Waals surface area contributed by atoms with Crippen LogP contribution in [0.15, 0.2) is 12.5 Å². The molecule has 0 saturated carbocycles. The Morgan fingerprint density at radius 3 is 2.56 bits per heavy atom. The Bertz CT molecular complexity index is 345. The first-order valence-corrected chi connectivity index (χ1v) is 5.62. The molecule has 1 atom stereocenters. The van der Waals surface area contributed by atoms with E-state index in [0.29, 0.717) is 13.1 Å². The SMILES string of the molecule is CCN(CC)C(C(=O)O)c1cncn1CC. The van der Waals surface area contributed by atoms with E-state index in [1.165, 1.54) is 0 Å². The van der Waals surface area contributed by atoms with Crippen molar-refractivity contribution in [3.8, 4) is 0 Å². The van der Waals surface area contributed by atoms with Crippen molar-refractivity contribution in [2.45, 2.75) is 33.4 Å². The van der Waals surface area contributed by atoms with Gasteiger partial charge in [-0.05, 0) is 20.0 Å². The van der Waals surface area contributed by atoms with E-state index in [1.807, 2.05) is 30.2 Å². The lowest BCUT2D eigenvalue weighted by Gasteiger charge is -2.26. The monoisotopic (exact) mass is 225 g/mol. The second kappa shape index (κ2) is 5.65. The van der Waals surface area contributed by atoms with Crippen LogP contribution in [0.2, 0.25) is 0 Å². The molecule has 1 aromatic rings. The molecule has 0 fully saturated rings. The number of nitrogens with zero attached hydrogens (tertiary/aromatic N) is 3. The molecule has 1 rings (SSSR count). The number of carbonyl (C=O) groups is 1. The van der Waals surface area contributed by atoms with Gasteiger partial charge in [-0.2, -0.15) is 0 Å². The van der Waals surface area contributed by atoms with Gasteiger partial charge in [-0.15, -0.1) is 0 Å². The topological polar surface area (TPSA) is 58.4 Å². The fourth-order valence-corrected chi connectivity index (χ4v) is 1.88. The van der Waals surface area contributed by atoms with Crippen LogP contribution in [0.5, 0.6) is 0 Å². The predicted molar refractivity (Wildman–Crippen MR) is 61.2 cm³/mol. The minimum absolute atomic E-state index is 0.600. The minimum atomic E-state index is -0.820. The third-order valence-electron chi connectivity index (χ3n) is 2.78. The van der Waals surface area contributed by atoms with Crippen molar-refractivity contribution >= 4 is 5.97 Å². The van der Waals surface area contributed by atoms with Crippen LogP contribution in [-0.2, 0) is 11.3 Å². The number of carboxylic acids is 1. The van der Waals surface area contributed by atoms with Gasteiger partial charge in [0, 0.05) is 6.54 Å². The Hall–Kier alpha value is -1.36. The highest BCUT2D eigenvalue weighted by molar-refractivity contribution is 5.74. The smallest absolute Gasteiger partial charge is 0.327 e. The average molecular weight is 225 g/mol. The molecule has 0 bridgehead atoms. The molecule has 16 heavy (non-hydrogen) atoms. The first-order valence-electron chi connectivity index (χ1n) is 5.62. The van der Waals surface area contributed by atoms with Gasteiger partial charge in [-0.25, -0.2) is 4.98 Å². The van der Waals surface area contributed by atoms with Gasteiger partial charge >= 0.3 is 5.97 Å². The van der Waals surface area contributed by atoms with Gasteiger partial charge in [0.1, 0.15) is 0 Å². The molecule has 5 nitrogen and oxygen atoms in total. The lowest BCUT2D eigenvalue weighted by atomic mass is 10.2. The van der Waals surface area contributed by atoms with E-state index in [1.54, 1.807) is 12.5 Å². The summed E-state index contributed by atoms with van der Waals surface area (Å²) in [6.07, 6.45) is 3.31. The van der Waals surface area contributed by atoms with E-state index >= 15 is 0 Å². The normalized spacial score (nSPS) is 13.0. The molecule has 0 aliphatic rings. The molecule has 1 heterocycles. The van der Waals surface area contributed by atoms with Crippen molar-refractivity contribution in [2.75, 3.05) is 13.1 Å². The average Bonchev–Trinajstić information content (AvgIpc) is 2.72. The van der Waals surface area contributed by atoms with E-state index in [2.05, 4.69) is 4.98 Å².